The van der Waals surface area contributed by atoms with Crippen LogP contribution in [0, 0.1) is 0 Å². The standard InChI is InChI=1S/C20H28N4O2/c1-21-15-7-6-12-23(13-15)14-18(25)24-17-9-3-2-8-16(17)22-19(26)20(24)10-4-5-11-20/h2-3,8-9,15,21H,4-7,10-14H2,1H3,(H,22,26). The van der Waals surface area contributed by atoms with Gasteiger partial charge >= 0.3 is 0 Å². The van der Waals surface area contributed by atoms with Gasteiger partial charge in [-0.3, -0.25) is 19.4 Å². The Morgan fingerprint density at radius 1 is 1.27 bits per heavy atom. The Labute approximate surface area is 154 Å². The van der Waals surface area contributed by atoms with Crippen molar-refractivity contribution >= 4 is 23.2 Å². The number of likely N-dealkylation sites (tertiary alicyclic amines) is 1. The molecule has 0 aromatic heterocycles. The van der Waals surface area contributed by atoms with Crippen molar-refractivity contribution in [2.45, 2.75) is 50.1 Å². The van der Waals surface area contributed by atoms with E-state index in [2.05, 4.69) is 15.5 Å². The summed E-state index contributed by atoms with van der Waals surface area (Å²) in [6, 6.07) is 8.12. The maximum Gasteiger partial charge on any atom is 0.250 e. The molecule has 1 aliphatic carbocycles. The van der Waals surface area contributed by atoms with Crippen molar-refractivity contribution in [2.24, 2.45) is 0 Å². The first-order chi connectivity index (χ1) is 12.6. The van der Waals surface area contributed by atoms with Gasteiger partial charge < -0.3 is 10.6 Å². The van der Waals surface area contributed by atoms with Crippen molar-refractivity contribution in [2.75, 3.05) is 36.9 Å². The summed E-state index contributed by atoms with van der Waals surface area (Å²) in [6.45, 7) is 2.21. The number of para-hydroxylation sites is 2. The Kier molecular flexibility index (Phi) is 4.71. The van der Waals surface area contributed by atoms with Crippen molar-refractivity contribution < 1.29 is 9.59 Å². The van der Waals surface area contributed by atoms with Gasteiger partial charge in [-0.25, -0.2) is 0 Å². The zero-order valence-electron chi connectivity index (χ0n) is 15.5. The Bertz CT molecular complexity index is 699. The molecule has 1 saturated carbocycles. The number of hydrogen-bond acceptors (Lipinski definition) is 4. The van der Waals surface area contributed by atoms with E-state index < -0.39 is 5.54 Å². The van der Waals surface area contributed by atoms with Crippen molar-refractivity contribution in [1.29, 1.82) is 0 Å². The van der Waals surface area contributed by atoms with E-state index in [0.29, 0.717) is 12.6 Å². The van der Waals surface area contributed by atoms with Crippen LogP contribution in [0.15, 0.2) is 24.3 Å². The molecule has 2 N–H and O–H groups in total. The summed E-state index contributed by atoms with van der Waals surface area (Å²) in [5.41, 5.74) is 0.889. The van der Waals surface area contributed by atoms with Gasteiger partial charge in [0, 0.05) is 12.6 Å². The topological polar surface area (TPSA) is 64.7 Å². The zero-order chi connectivity index (χ0) is 18.1. The number of likely N-dealkylation sites (N-methyl/N-ethyl adjacent to an activating group) is 1. The third-order valence-corrected chi connectivity index (χ3v) is 6.20. The first kappa shape index (κ1) is 17.5. The minimum atomic E-state index is -0.705. The van der Waals surface area contributed by atoms with Crippen LogP contribution >= 0.6 is 0 Å². The number of anilines is 2. The average Bonchev–Trinajstić information content (AvgIpc) is 3.13. The molecule has 1 spiro atoms. The lowest BCUT2D eigenvalue weighted by atomic mass is 9.89. The predicted molar refractivity (Wildman–Crippen MR) is 102 cm³/mol. The van der Waals surface area contributed by atoms with Gasteiger partial charge in [0.05, 0.1) is 17.9 Å². The maximum absolute atomic E-state index is 13.4. The molecule has 3 aliphatic rings. The average molecular weight is 356 g/mol. The first-order valence-electron chi connectivity index (χ1n) is 9.77. The van der Waals surface area contributed by atoms with E-state index in [1.54, 1.807) is 0 Å². The molecule has 140 valence electrons. The van der Waals surface area contributed by atoms with Gasteiger partial charge in [-0.05, 0) is 51.4 Å². The molecule has 1 aromatic rings. The molecule has 1 aromatic carbocycles. The third-order valence-electron chi connectivity index (χ3n) is 6.20. The zero-order valence-corrected chi connectivity index (χ0v) is 15.5. The van der Waals surface area contributed by atoms with E-state index in [1.807, 2.05) is 36.2 Å². The number of amides is 2. The number of nitrogens with one attached hydrogen (secondary N) is 2. The Hall–Kier alpha value is -1.92. The number of nitrogens with zero attached hydrogens (tertiary/aromatic N) is 2. The van der Waals surface area contributed by atoms with E-state index in [4.69, 9.17) is 0 Å². The van der Waals surface area contributed by atoms with E-state index in [0.717, 1.165) is 63.0 Å². The maximum atomic E-state index is 13.4. The quantitative estimate of drug-likeness (QED) is 0.869. The molecule has 6 heteroatoms. The molecule has 0 radical (unpaired) electrons. The van der Waals surface area contributed by atoms with Gasteiger partial charge in [-0.1, -0.05) is 25.0 Å². The second-order valence-corrected chi connectivity index (χ2v) is 7.80. The Balaban J connectivity index is 1.63. The summed E-state index contributed by atoms with van der Waals surface area (Å²) in [6.07, 6.45) is 5.73. The number of carbonyl (C=O) groups is 2. The Morgan fingerprint density at radius 2 is 2.04 bits per heavy atom. The van der Waals surface area contributed by atoms with Crippen LogP contribution in [0.2, 0.25) is 0 Å². The highest BCUT2D eigenvalue weighted by Gasteiger charge is 2.52. The fourth-order valence-corrected chi connectivity index (χ4v) is 4.83. The number of benzene rings is 1. The summed E-state index contributed by atoms with van der Waals surface area (Å²) < 4.78 is 0. The third kappa shape index (κ3) is 2.91. The number of piperidine rings is 1. The lowest BCUT2D eigenvalue weighted by molar-refractivity contribution is -0.128. The molecule has 2 amide bonds. The SMILES string of the molecule is CNC1CCCN(CC(=O)N2c3ccccc3NC(=O)C23CCCC3)C1. The molecule has 0 bridgehead atoms. The van der Waals surface area contributed by atoms with E-state index in [9.17, 15) is 9.59 Å². The summed E-state index contributed by atoms with van der Waals surface area (Å²) in [5.74, 6) is 0.0275. The lowest BCUT2D eigenvalue weighted by Gasteiger charge is -2.45. The molecule has 1 unspecified atom stereocenters. The van der Waals surface area contributed by atoms with Crippen LogP contribution in [0.1, 0.15) is 38.5 Å². The summed E-state index contributed by atoms with van der Waals surface area (Å²) in [4.78, 5) is 30.4. The van der Waals surface area contributed by atoms with Crippen LogP contribution in [-0.4, -0.2) is 55.0 Å². The van der Waals surface area contributed by atoms with Crippen molar-refractivity contribution in [1.82, 2.24) is 10.2 Å². The number of hydrogen-bond donors (Lipinski definition) is 2. The molecule has 26 heavy (non-hydrogen) atoms. The molecule has 4 rings (SSSR count). The van der Waals surface area contributed by atoms with Crippen LogP contribution in [-0.2, 0) is 9.59 Å². The molecule has 1 atom stereocenters. The van der Waals surface area contributed by atoms with Gasteiger partial charge in [0.25, 0.3) is 5.91 Å². The lowest BCUT2D eigenvalue weighted by Crippen LogP contribution is -2.62. The molecule has 2 fully saturated rings. The predicted octanol–water partition coefficient (Wildman–Crippen LogP) is 1.97. The first-order valence-corrected chi connectivity index (χ1v) is 9.77. The second kappa shape index (κ2) is 7.00. The highest BCUT2D eigenvalue weighted by Crippen LogP contribution is 2.45. The second-order valence-electron chi connectivity index (χ2n) is 7.80. The minimum Gasteiger partial charge on any atom is -0.322 e. The Morgan fingerprint density at radius 3 is 2.81 bits per heavy atom. The molecular weight excluding hydrogens is 328 g/mol. The largest absolute Gasteiger partial charge is 0.322 e. The van der Waals surface area contributed by atoms with Gasteiger partial charge in [0.1, 0.15) is 5.54 Å². The fourth-order valence-electron chi connectivity index (χ4n) is 4.83. The van der Waals surface area contributed by atoms with Crippen LogP contribution in [0.4, 0.5) is 11.4 Å². The molecule has 2 heterocycles. The summed E-state index contributed by atoms with van der Waals surface area (Å²) >= 11 is 0. The van der Waals surface area contributed by atoms with Crippen LogP contribution < -0.4 is 15.5 Å². The van der Waals surface area contributed by atoms with Gasteiger partial charge in [-0.2, -0.15) is 0 Å². The summed E-state index contributed by atoms with van der Waals surface area (Å²) in [5, 5.41) is 6.37. The van der Waals surface area contributed by atoms with Crippen molar-refractivity contribution in [3.05, 3.63) is 24.3 Å². The summed E-state index contributed by atoms with van der Waals surface area (Å²) in [7, 11) is 1.98. The number of carbonyl (C=O) groups excluding carboxylic acids is 2. The molecule has 2 aliphatic heterocycles. The normalized spacial score (nSPS) is 25.2. The van der Waals surface area contributed by atoms with Crippen LogP contribution in [0.5, 0.6) is 0 Å². The molecule has 6 nitrogen and oxygen atoms in total. The van der Waals surface area contributed by atoms with E-state index in [1.165, 1.54) is 0 Å². The monoisotopic (exact) mass is 356 g/mol. The van der Waals surface area contributed by atoms with Gasteiger partial charge in [0.2, 0.25) is 5.91 Å². The number of rotatable bonds is 3. The smallest absolute Gasteiger partial charge is 0.250 e. The van der Waals surface area contributed by atoms with Crippen LogP contribution in [0.25, 0.3) is 0 Å². The van der Waals surface area contributed by atoms with Gasteiger partial charge in [-0.15, -0.1) is 0 Å². The van der Waals surface area contributed by atoms with E-state index in [-0.39, 0.29) is 11.8 Å². The molecular formula is C20H28N4O2. The highest BCUT2D eigenvalue weighted by atomic mass is 16.2. The van der Waals surface area contributed by atoms with E-state index >= 15 is 0 Å². The molecule has 1 saturated heterocycles. The van der Waals surface area contributed by atoms with Crippen molar-refractivity contribution in [3.8, 4) is 0 Å². The van der Waals surface area contributed by atoms with Crippen LogP contribution in [0.3, 0.4) is 0 Å². The number of fused-ring (bicyclic) bond motifs is 1. The minimum absolute atomic E-state index is 0.0196. The highest BCUT2D eigenvalue weighted by molar-refractivity contribution is 6.15. The van der Waals surface area contributed by atoms with Gasteiger partial charge in [0.15, 0.2) is 0 Å². The van der Waals surface area contributed by atoms with Crippen molar-refractivity contribution in [3.63, 3.8) is 0 Å². The fraction of sp³-hybridized carbons (Fsp3) is 0.600.